The van der Waals surface area contributed by atoms with Gasteiger partial charge in [-0.3, -0.25) is 9.69 Å². The van der Waals surface area contributed by atoms with E-state index in [0.717, 1.165) is 30.8 Å². The molecule has 4 heteroatoms. The predicted molar refractivity (Wildman–Crippen MR) is 78.7 cm³/mol. The number of likely N-dealkylation sites (tertiary alicyclic amines) is 1. The number of piperidine rings is 1. The number of benzene rings is 1. The van der Waals surface area contributed by atoms with Gasteiger partial charge in [0, 0.05) is 17.4 Å². The summed E-state index contributed by atoms with van der Waals surface area (Å²) >= 11 is 6.22. The van der Waals surface area contributed by atoms with Crippen LogP contribution in [-0.2, 0) is 6.54 Å². The molecule has 2 heterocycles. The highest BCUT2D eigenvalue weighted by Crippen LogP contribution is 2.19. The number of nitrogens with one attached hydrogen (secondary N) is 1. The van der Waals surface area contributed by atoms with Gasteiger partial charge in [0.2, 0.25) is 5.43 Å². The molecule has 100 valence electrons. The maximum absolute atomic E-state index is 12.2. The highest BCUT2D eigenvalue weighted by Gasteiger charge is 2.15. The SMILES string of the molecule is O=c1c(Cl)c(CN2CCCCC2)[nH]c2ccccc12. The molecule has 0 saturated carbocycles. The second-order valence-corrected chi connectivity index (χ2v) is 5.51. The van der Waals surface area contributed by atoms with Crippen molar-refractivity contribution in [3.05, 3.63) is 45.2 Å². The normalized spacial score (nSPS) is 16.9. The summed E-state index contributed by atoms with van der Waals surface area (Å²) in [6.07, 6.45) is 3.77. The first-order valence-corrected chi connectivity index (χ1v) is 7.15. The standard InChI is InChI=1S/C15H17ClN2O/c16-14-13(10-18-8-4-1-5-9-18)17-12-7-3-2-6-11(12)15(14)19/h2-3,6-7H,1,4-5,8-10H2,(H,17,19). The minimum atomic E-state index is -0.0666. The average Bonchev–Trinajstić information content (AvgIpc) is 2.46. The molecule has 3 nitrogen and oxygen atoms in total. The fraction of sp³-hybridized carbons (Fsp3) is 0.400. The Bertz CT molecular complexity index is 644. The number of aromatic amines is 1. The van der Waals surface area contributed by atoms with Crippen molar-refractivity contribution in [1.82, 2.24) is 9.88 Å². The van der Waals surface area contributed by atoms with Crippen LogP contribution in [0, 0.1) is 0 Å². The van der Waals surface area contributed by atoms with E-state index >= 15 is 0 Å². The molecule has 1 saturated heterocycles. The number of para-hydroxylation sites is 1. The van der Waals surface area contributed by atoms with Crippen molar-refractivity contribution in [2.24, 2.45) is 0 Å². The minimum Gasteiger partial charge on any atom is -0.356 e. The first-order valence-electron chi connectivity index (χ1n) is 6.77. The van der Waals surface area contributed by atoms with E-state index < -0.39 is 0 Å². The van der Waals surface area contributed by atoms with Crippen molar-refractivity contribution < 1.29 is 0 Å². The molecule has 1 N–H and O–H groups in total. The minimum absolute atomic E-state index is 0.0666. The van der Waals surface area contributed by atoms with Crippen molar-refractivity contribution in [3.63, 3.8) is 0 Å². The van der Waals surface area contributed by atoms with Crippen LogP contribution in [0.15, 0.2) is 29.1 Å². The number of H-pyrrole nitrogens is 1. The molecule has 0 aliphatic carbocycles. The second kappa shape index (κ2) is 5.35. The van der Waals surface area contributed by atoms with Gasteiger partial charge in [-0.15, -0.1) is 0 Å². The van der Waals surface area contributed by atoms with Crippen LogP contribution in [0.1, 0.15) is 25.0 Å². The number of aromatic nitrogens is 1. The molecule has 1 aliphatic heterocycles. The Balaban J connectivity index is 1.99. The summed E-state index contributed by atoms with van der Waals surface area (Å²) < 4.78 is 0. The van der Waals surface area contributed by atoms with Gasteiger partial charge in [0.15, 0.2) is 0 Å². The van der Waals surface area contributed by atoms with Crippen molar-refractivity contribution in [2.45, 2.75) is 25.8 Å². The molecule has 0 unspecified atom stereocenters. The lowest BCUT2D eigenvalue weighted by Gasteiger charge is -2.26. The molecule has 0 amide bonds. The number of fused-ring (bicyclic) bond motifs is 1. The zero-order chi connectivity index (χ0) is 13.2. The van der Waals surface area contributed by atoms with Gasteiger partial charge in [-0.2, -0.15) is 0 Å². The molecule has 0 bridgehead atoms. The summed E-state index contributed by atoms with van der Waals surface area (Å²) in [6, 6.07) is 7.52. The number of hydrogen-bond acceptors (Lipinski definition) is 2. The quantitative estimate of drug-likeness (QED) is 0.915. The predicted octanol–water partition coefficient (Wildman–Crippen LogP) is 3.17. The number of rotatable bonds is 2. The van der Waals surface area contributed by atoms with E-state index in [2.05, 4.69) is 9.88 Å². The molecular weight excluding hydrogens is 260 g/mol. The summed E-state index contributed by atoms with van der Waals surface area (Å²) in [5.74, 6) is 0. The molecule has 1 aromatic heterocycles. The lowest BCUT2D eigenvalue weighted by Crippen LogP contribution is -2.30. The van der Waals surface area contributed by atoms with Crippen LogP contribution in [0.3, 0.4) is 0 Å². The Morgan fingerprint density at radius 2 is 1.89 bits per heavy atom. The van der Waals surface area contributed by atoms with Gasteiger partial charge < -0.3 is 4.98 Å². The van der Waals surface area contributed by atoms with E-state index in [0.29, 0.717) is 10.4 Å². The highest BCUT2D eigenvalue weighted by molar-refractivity contribution is 6.31. The maximum Gasteiger partial charge on any atom is 0.208 e. The summed E-state index contributed by atoms with van der Waals surface area (Å²) in [7, 11) is 0. The first kappa shape index (κ1) is 12.7. The van der Waals surface area contributed by atoms with Gasteiger partial charge in [-0.25, -0.2) is 0 Å². The van der Waals surface area contributed by atoms with Gasteiger partial charge >= 0.3 is 0 Å². The third-order valence-electron chi connectivity index (χ3n) is 3.75. The first-order chi connectivity index (χ1) is 9.25. The zero-order valence-corrected chi connectivity index (χ0v) is 11.5. The van der Waals surface area contributed by atoms with Crippen LogP contribution in [0.25, 0.3) is 10.9 Å². The molecule has 3 rings (SSSR count). The highest BCUT2D eigenvalue weighted by atomic mass is 35.5. The lowest BCUT2D eigenvalue weighted by atomic mass is 10.1. The Kier molecular flexibility index (Phi) is 3.58. The van der Waals surface area contributed by atoms with Gasteiger partial charge in [-0.1, -0.05) is 30.2 Å². The van der Waals surface area contributed by atoms with E-state index in [-0.39, 0.29) is 5.43 Å². The number of pyridine rings is 1. The maximum atomic E-state index is 12.2. The number of halogens is 1. The monoisotopic (exact) mass is 276 g/mol. The van der Waals surface area contributed by atoms with Crippen LogP contribution < -0.4 is 5.43 Å². The summed E-state index contributed by atoms with van der Waals surface area (Å²) in [4.78, 5) is 17.9. The molecule has 0 radical (unpaired) electrons. The molecular formula is C15H17ClN2O. The van der Waals surface area contributed by atoms with Crippen molar-refractivity contribution in [1.29, 1.82) is 0 Å². The largest absolute Gasteiger partial charge is 0.356 e. The van der Waals surface area contributed by atoms with Gasteiger partial charge in [-0.05, 0) is 38.1 Å². The molecule has 1 aromatic carbocycles. The van der Waals surface area contributed by atoms with Crippen LogP contribution in [0.2, 0.25) is 5.02 Å². The lowest BCUT2D eigenvalue weighted by molar-refractivity contribution is 0.219. The molecule has 0 atom stereocenters. The summed E-state index contributed by atoms with van der Waals surface area (Å²) in [6.45, 7) is 2.91. The Hall–Kier alpha value is -1.32. The molecule has 19 heavy (non-hydrogen) atoms. The van der Waals surface area contributed by atoms with Gasteiger partial charge in [0.05, 0.1) is 5.69 Å². The van der Waals surface area contributed by atoms with Crippen LogP contribution in [-0.4, -0.2) is 23.0 Å². The van der Waals surface area contributed by atoms with Crippen LogP contribution >= 0.6 is 11.6 Å². The second-order valence-electron chi connectivity index (χ2n) is 5.13. The zero-order valence-electron chi connectivity index (χ0n) is 10.8. The molecule has 0 spiro atoms. The topological polar surface area (TPSA) is 36.1 Å². The Labute approximate surface area is 117 Å². The fourth-order valence-corrected chi connectivity index (χ4v) is 2.92. The number of nitrogens with zero attached hydrogens (tertiary/aromatic N) is 1. The van der Waals surface area contributed by atoms with Gasteiger partial charge in [0.1, 0.15) is 5.02 Å². The van der Waals surface area contributed by atoms with E-state index in [1.165, 1.54) is 19.3 Å². The summed E-state index contributed by atoms with van der Waals surface area (Å²) in [5, 5.41) is 0.999. The molecule has 1 aliphatic rings. The van der Waals surface area contributed by atoms with E-state index in [9.17, 15) is 4.79 Å². The fourth-order valence-electron chi connectivity index (χ4n) is 2.71. The molecule has 2 aromatic rings. The van der Waals surface area contributed by atoms with E-state index in [1.54, 1.807) is 0 Å². The molecule has 1 fully saturated rings. The van der Waals surface area contributed by atoms with Gasteiger partial charge in [0.25, 0.3) is 0 Å². The van der Waals surface area contributed by atoms with E-state index in [4.69, 9.17) is 11.6 Å². The van der Waals surface area contributed by atoms with Crippen LogP contribution in [0.4, 0.5) is 0 Å². The third-order valence-corrected chi connectivity index (χ3v) is 4.15. The Morgan fingerprint density at radius 3 is 2.68 bits per heavy atom. The number of hydrogen-bond donors (Lipinski definition) is 1. The smallest absolute Gasteiger partial charge is 0.208 e. The Morgan fingerprint density at radius 1 is 1.16 bits per heavy atom. The average molecular weight is 277 g/mol. The van der Waals surface area contributed by atoms with Crippen molar-refractivity contribution >= 4 is 22.5 Å². The van der Waals surface area contributed by atoms with E-state index in [1.807, 2.05) is 24.3 Å². The van der Waals surface area contributed by atoms with Crippen LogP contribution in [0.5, 0.6) is 0 Å². The third kappa shape index (κ3) is 2.53. The van der Waals surface area contributed by atoms with Crippen molar-refractivity contribution in [2.75, 3.05) is 13.1 Å². The van der Waals surface area contributed by atoms with Crippen molar-refractivity contribution in [3.8, 4) is 0 Å². The summed E-state index contributed by atoms with van der Waals surface area (Å²) in [5.41, 5.74) is 1.64.